The van der Waals surface area contributed by atoms with Crippen molar-refractivity contribution in [1.29, 1.82) is 0 Å². The monoisotopic (exact) mass is 407 g/mol. The second-order valence-corrected chi connectivity index (χ2v) is 6.28. The largest absolute Gasteiger partial charge is 0.382 e. The Morgan fingerprint density at radius 3 is 2.63 bits per heavy atom. The molecule has 2 aromatic carbocycles. The number of hydrazone groups is 1. The normalized spacial score (nSPS) is 12.9. The summed E-state index contributed by atoms with van der Waals surface area (Å²) in [6.45, 7) is 0. The molecule has 0 aliphatic rings. The Hall–Kier alpha value is -3.01. The predicted molar refractivity (Wildman–Crippen MR) is 101 cm³/mol. The van der Waals surface area contributed by atoms with Crippen molar-refractivity contribution in [2.75, 3.05) is 0 Å². The summed E-state index contributed by atoms with van der Waals surface area (Å²) in [5, 5.41) is 25.4. The number of aromatic nitrogens is 2. The van der Waals surface area contributed by atoms with Crippen molar-refractivity contribution in [2.24, 2.45) is 10.9 Å². The van der Waals surface area contributed by atoms with Crippen LogP contribution in [0.1, 0.15) is 17.4 Å². The van der Waals surface area contributed by atoms with Crippen molar-refractivity contribution < 1.29 is 10.0 Å². The molecular weight excluding hydrogens is 397 g/mol. The number of H-pyrrole nitrogens is 1. The number of nitro benzene ring substituents is 1. The van der Waals surface area contributed by atoms with Gasteiger partial charge in [0, 0.05) is 12.1 Å². The van der Waals surface area contributed by atoms with Crippen LogP contribution in [0, 0.1) is 10.1 Å². The van der Waals surface area contributed by atoms with E-state index >= 15 is 0 Å². The predicted octanol–water partition coefficient (Wildman–Crippen LogP) is 2.53. The van der Waals surface area contributed by atoms with E-state index in [1.54, 1.807) is 0 Å². The number of nitrogens with zero attached hydrogens (tertiary/aromatic N) is 3. The summed E-state index contributed by atoms with van der Waals surface area (Å²) in [4.78, 5) is 29.3. The van der Waals surface area contributed by atoms with Crippen LogP contribution in [-0.2, 0) is 0 Å². The number of fused-ring (bicyclic) bond motifs is 1. The van der Waals surface area contributed by atoms with Crippen molar-refractivity contribution in [3.63, 3.8) is 0 Å². The molecule has 4 N–H and O–H groups in total. The molecule has 1 aromatic heterocycles. The summed E-state index contributed by atoms with van der Waals surface area (Å²) >= 11 is 11.8. The number of nitro groups is 1. The zero-order valence-electron chi connectivity index (χ0n) is 13.4. The lowest BCUT2D eigenvalue weighted by Crippen LogP contribution is -2.26. The first-order chi connectivity index (χ1) is 12.8. The third kappa shape index (κ3) is 3.61. The molecule has 0 spiro atoms. The van der Waals surface area contributed by atoms with Gasteiger partial charge in [0.25, 0.3) is 11.2 Å². The lowest BCUT2D eigenvalue weighted by atomic mass is 10.0. The molecular formula is C16H11Cl2N5O4. The molecule has 0 saturated heterocycles. The van der Waals surface area contributed by atoms with Crippen molar-refractivity contribution in [2.45, 2.75) is 6.10 Å². The highest BCUT2D eigenvalue weighted by Crippen LogP contribution is 2.27. The summed E-state index contributed by atoms with van der Waals surface area (Å²) in [5.41, 5.74) is -0.607. The Balaban J connectivity index is 2.09. The third-order valence-electron chi connectivity index (χ3n) is 3.79. The van der Waals surface area contributed by atoms with E-state index in [9.17, 15) is 20.0 Å². The molecule has 3 rings (SSSR count). The fourth-order valence-corrected chi connectivity index (χ4v) is 2.77. The number of aromatic amines is 1. The molecule has 138 valence electrons. The topological polar surface area (TPSA) is 147 Å². The van der Waals surface area contributed by atoms with Gasteiger partial charge in [0.2, 0.25) is 0 Å². The van der Waals surface area contributed by atoms with E-state index in [-0.39, 0.29) is 33.1 Å². The molecule has 11 heteroatoms. The van der Waals surface area contributed by atoms with E-state index in [1.807, 2.05) is 0 Å². The number of nitrogens with one attached hydrogen (secondary N) is 1. The summed E-state index contributed by atoms with van der Waals surface area (Å²) in [6.07, 6.45) is -1.39. The van der Waals surface area contributed by atoms with Gasteiger partial charge < -0.3 is 15.9 Å². The maximum atomic E-state index is 12.4. The van der Waals surface area contributed by atoms with Gasteiger partial charge in [-0.05, 0) is 23.8 Å². The first kappa shape index (κ1) is 18.8. The minimum absolute atomic E-state index is 0.165. The van der Waals surface area contributed by atoms with E-state index in [1.165, 1.54) is 36.4 Å². The standard InChI is InChI=1S/C16H11Cl2N5O4/c17-9-3-1-7(5-10(9)18)15(24)13(22-19)14-16(25)21-12-6-8(23(26)27)2-4-11(12)20-14/h1-6,15,24H,19H2,(H,21,25)/b22-13+/t15-/m0/s1. The van der Waals surface area contributed by atoms with Gasteiger partial charge >= 0.3 is 0 Å². The fourth-order valence-electron chi connectivity index (χ4n) is 2.46. The van der Waals surface area contributed by atoms with Gasteiger partial charge in [-0.2, -0.15) is 5.10 Å². The quantitative estimate of drug-likeness (QED) is 0.262. The van der Waals surface area contributed by atoms with Crippen LogP contribution in [0.3, 0.4) is 0 Å². The van der Waals surface area contributed by atoms with Gasteiger partial charge in [0.1, 0.15) is 11.8 Å². The van der Waals surface area contributed by atoms with Crippen molar-refractivity contribution in [1.82, 2.24) is 9.97 Å². The maximum absolute atomic E-state index is 12.4. The smallest absolute Gasteiger partial charge is 0.276 e. The van der Waals surface area contributed by atoms with Gasteiger partial charge in [0.15, 0.2) is 5.69 Å². The zero-order valence-corrected chi connectivity index (χ0v) is 14.9. The van der Waals surface area contributed by atoms with Gasteiger partial charge in [-0.25, -0.2) is 4.98 Å². The fraction of sp³-hybridized carbons (Fsp3) is 0.0625. The van der Waals surface area contributed by atoms with Crippen molar-refractivity contribution in [3.8, 4) is 0 Å². The van der Waals surface area contributed by atoms with Gasteiger partial charge in [-0.1, -0.05) is 29.3 Å². The number of hydrogen-bond donors (Lipinski definition) is 3. The van der Waals surface area contributed by atoms with Crippen molar-refractivity contribution in [3.05, 3.63) is 78.2 Å². The highest BCUT2D eigenvalue weighted by molar-refractivity contribution is 6.42. The Labute approximate surface area is 161 Å². The summed E-state index contributed by atoms with van der Waals surface area (Å²) in [7, 11) is 0. The van der Waals surface area contributed by atoms with Crippen LogP contribution >= 0.6 is 23.2 Å². The molecule has 0 aliphatic heterocycles. The zero-order chi connectivity index (χ0) is 19.7. The molecule has 0 bridgehead atoms. The molecule has 1 heterocycles. The van der Waals surface area contributed by atoms with E-state index in [4.69, 9.17) is 29.0 Å². The highest BCUT2D eigenvalue weighted by Gasteiger charge is 2.23. The minimum Gasteiger partial charge on any atom is -0.382 e. The van der Waals surface area contributed by atoms with E-state index < -0.39 is 16.6 Å². The first-order valence-corrected chi connectivity index (χ1v) is 8.17. The lowest BCUT2D eigenvalue weighted by Gasteiger charge is -2.13. The van der Waals surface area contributed by atoms with Crippen LogP contribution in [-0.4, -0.2) is 25.7 Å². The Morgan fingerprint density at radius 2 is 2.00 bits per heavy atom. The number of aliphatic hydroxyl groups excluding tert-OH is 1. The molecule has 0 radical (unpaired) electrons. The van der Waals surface area contributed by atoms with Crippen LogP contribution in [0.5, 0.6) is 0 Å². The van der Waals surface area contributed by atoms with E-state index in [2.05, 4.69) is 15.1 Å². The van der Waals surface area contributed by atoms with Crippen molar-refractivity contribution >= 4 is 45.6 Å². The lowest BCUT2D eigenvalue weighted by molar-refractivity contribution is -0.384. The average Bonchev–Trinajstić information content (AvgIpc) is 2.64. The molecule has 3 aromatic rings. The van der Waals surface area contributed by atoms with Crippen LogP contribution in [0.4, 0.5) is 5.69 Å². The Morgan fingerprint density at radius 1 is 1.26 bits per heavy atom. The van der Waals surface area contributed by atoms with Crippen LogP contribution in [0.15, 0.2) is 46.3 Å². The minimum atomic E-state index is -1.39. The van der Waals surface area contributed by atoms with Crippen LogP contribution in [0.25, 0.3) is 11.0 Å². The van der Waals surface area contributed by atoms with Gasteiger partial charge in [-0.15, -0.1) is 0 Å². The number of nitrogens with two attached hydrogens (primary N) is 1. The molecule has 0 aliphatic carbocycles. The number of benzene rings is 2. The molecule has 0 amide bonds. The molecule has 0 fully saturated rings. The molecule has 0 unspecified atom stereocenters. The first-order valence-electron chi connectivity index (χ1n) is 7.41. The molecule has 0 saturated carbocycles. The number of halogens is 2. The SMILES string of the molecule is N/N=C(\c1nc2ccc([N+](=O)[O-])cc2[nH]c1=O)[C@@H](O)c1ccc(Cl)c(Cl)c1. The Kier molecular flexibility index (Phi) is 5.08. The average molecular weight is 408 g/mol. The molecule has 9 nitrogen and oxygen atoms in total. The number of rotatable bonds is 4. The molecule has 27 heavy (non-hydrogen) atoms. The van der Waals surface area contributed by atoms with Crippen LogP contribution in [0.2, 0.25) is 10.0 Å². The maximum Gasteiger partial charge on any atom is 0.276 e. The number of hydrogen-bond acceptors (Lipinski definition) is 7. The molecule has 1 atom stereocenters. The Bertz CT molecular complexity index is 1150. The highest BCUT2D eigenvalue weighted by atomic mass is 35.5. The van der Waals surface area contributed by atoms with Gasteiger partial charge in [-0.3, -0.25) is 14.9 Å². The second kappa shape index (κ2) is 7.31. The van der Waals surface area contributed by atoms with Gasteiger partial charge in [0.05, 0.1) is 26.0 Å². The van der Waals surface area contributed by atoms with E-state index in [0.717, 1.165) is 0 Å². The number of aliphatic hydroxyl groups is 1. The van der Waals surface area contributed by atoms with E-state index in [0.29, 0.717) is 10.6 Å². The summed E-state index contributed by atoms with van der Waals surface area (Å²) in [5.74, 6) is 5.37. The summed E-state index contributed by atoms with van der Waals surface area (Å²) < 4.78 is 0. The summed E-state index contributed by atoms with van der Waals surface area (Å²) in [6, 6.07) is 8.19. The second-order valence-electron chi connectivity index (χ2n) is 5.46. The van der Waals surface area contributed by atoms with Crippen LogP contribution < -0.4 is 11.4 Å². The third-order valence-corrected chi connectivity index (χ3v) is 4.53. The number of non-ortho nitro benzene ring substituents is 1.